The lowest BCUT2D eigenvalue weighted by Gasteiger charge is -2.23. The molecular formula is C26H26FN5O2. The first kappa shape index (κ1) is 23.0. The van der Waals surface area contributed by atoms with Crippen molar-refractivity contribution in [1.29, 1.82) is 0 Å². The first-order valence-corrected chi connectivity index (χ1v) is 11.0. The van der Waals surface area contributed by atoms with Gasteiger partial charge in [0, 0.05) is 6.54 Å². The molecule has 0 bridgehead atoms. The van der Waals surface area contributed by atoms with Gasteiger partial charge in [-0.3, -0.25) is 4.79 Å². The third-order valence-electron chi connectivity index (χ3n) is 5.66. The summed E-state index contributed by atoms with van der Waals surface area (Å²) >= 11 is 0. The molecule has 0 radical (unpaired) electrons. The summed E-state index contributed by atoms with van der Waals surface area (Å²) in [7, 11) is 0. The van der Waals surface area contributed by atoms with E-state index in [2.05, 4.69) is 15.6 Å². The predicted molar refractivity (Wildman–Crippen MR) is 128 cm³/mol. The third-order valence-corrected chi connectivity index (χ3v) is 5.66. The zero-order valence-corrected chi connectivity index (χ0v) is 18.7. The maximum Gasteiger partial charge on any atom is 0.312 e. The lowest BCUT2D eigenvalue weighted by atomic mass is 10.0. The number of amides is 3. The highest BCUT2D eigenvalue weighted by molar-refractivity contribution is 5.79. The number of rotatable bonds is 8. The lowest BCUT2D eigenvalue weighted by molar-refractivity contribution is -0.122. The largest absolute Gasteiger partial charge is 0.352 e. The van der Waals surface area contributed by atoms with Gasteiger partial charge in [-0.05, 0) is 42.3 Å². The molecule has 34 heavy (non-hydrogen) atoms. The number of halogens is 1. The first-order chi connectivity index (χ1) is 16.4. The standard InChI is InChI=1S/C26H26FN5O2/c1-17-5-4-6-19(13-17)22(31-26(28)34)14-25(33)30-23(18-9-11-20(27)12-10-18)15-32-16-29-21-7-2-3-8-24(21)32/h2-13,16,22-23H,14-15H2,1H3,(H,30,33)(H3,28,31,34). The molecule has 1 aromatic heterocycles. The van der Waals surface area contributed by atoms with Crippen molar-refractivity contribution in [1.82, 2.24) is 20.2 Å². The summed E-state index contributed by atoms with van der Waals surface area (Å²) in [6, 6.07) is 19.6. The maximum absolute atomic E-state index is 13.6. The number of fused-ring (bicyclic) bond motifs is 1. The molecule has 0 spiro atoms. The average molecular weight is 460 g/mol. The van der Waals surface area contributed by atoms with Crippen molar-refractivity contribution in [2.75, 3.05) is 0 Å². The highest BCUT2D eigenvalue weighted by Gasteiger charge is 2.22. The SMILES string of the molecule is Cc1cccc(C(CC(=O)NC(Cn2cnc3ccccc32)c2ccc(F)cc2)NC(N)=O)c1. The monoisotopic (exact) mass is 459 g/mol. The molecule has 0 aliphatic carbocycles. The molecule has 4 N–H and O–H groups in total. The van der Waals surface area contributed by atoms with E-state index in [9.17, 15) is 14.0 Å². The van der Waals surface area contributed by atoms with E-state index >= 15 is 0 Å². The Morgan fingerprint density at radius 1 is 0.971 bits per heavy atom. The van der Waals surface area contributed by atoms with E-state index in [-0.39, 0.29) is 18.1 Å². The molecule has 8 heteroatoms. The number of hydrogen-bond acceptors (Lipinski definition) is 3. The molecule has 4 aromatic rings. The van der Waals surface area contributed by atoms with Crippen molar-refractivity contribution < 1.29 is 14.0 Å². The number of carbonyl (C=O) groups is 2. The fraction of sp³-hybridized carbons (Fsp3) is 0.192. The molecule has 3 amide bonds. The first-order valence-electron chi connectivity index (χ1n) is 11.0. The van der Waals surface area contributed by atoms with Crippen LogP contribution >= 0.6 is 0 Å². The fourth-order valence-electron chi connectivity index (χ4n) is 4.03. The topological polar surface area (TPSA) is 102 Å². The fourth-order valence-corrected chi connectivity index (χ4v) is 4.03. The number of nitrogens with two attached hydrogens (primary N) is 1. The zero-order valence-electron chi connectivity index (χ0n) is 18.7. The van der Waals surface area contributed by atoms with Crippen molar-refractivity contribution in [3.8, 4) is 0 Å². The number of urea groups is 1. The van der Waals surface area contributed by atoms with E-state index in [1.165, 1.54) is 12.1 Å². The van der Waals surface area contributed by atoms with Crippen molar-refractivity contribution in [3.63, 3.8) is 0 Å². The predicted octanol–water partition coefficient (Wildman–Crippen LogP) is 4.14. The van der Waals surface area contributed by atoms with Crippen LogP contribution in [0.15, 0.2) is 79.1 Å². The van der Waals surface area contributed by atoms with Crippen LogP contribution in [0, 0.1) is 12.7 Å². The molecule has 0 aliphatic heterocycles. The van der Waals surface area contributed by atoms with Crippen LogP contribution in [0.4, 0.5) is 9.18 Å². The minimum atomic E-state index is -0.709. The van der Waals surface area contributed by atoms with Crippen LogP contribution in [-0.2, 0) is 11.3 Å². The Kier molecular flexibility index (Phi) is 6.87. The van der Waals surface area contributed by atoms with Gasteiger partial charge in [-0.25, -0.2) is 14.2 Å². The molecule has 7 nitrogen and oxygen atoms in total. The van der Waals surface area contributed by atoms with E-state index < -0.39 is 18.1 Å². The van der Waals surface area contributed by atoms with Gasteiger partial charge in [0.2, 0.25) is 5.91 Å². The highest BCUT2D eigenvalue weighted by Crippen LogP contribution is 2.22. The molecule has 4 rings (SSSR count). The number of imidazole rings is 1. The van der Waals surface area contributed by atoms with Crippen LogP contribution < -0.4 is 16.4 Å². The molecule has 0 aliphatic rings. The number of nitrogens with one attached hydrogen (secondary N) is 2. The maximum atomic E-state index is 13.6. The van der Waals surface area contributed by atoms with E-state index in [4.69, 9.17) is 5.73 Å². The third kappa shape index (κ3) is 5.58. The Balaban J connectivity index is 1.57. The van der Waals surface area contributed by atoms with Gasteiger partial charge in [0.15, 0.2) is 0 Å². The van der Waals surface area contributed by atoms with Gasteiger partial charge in [0.1, 0.15) is 5.82 Å². The van der Waals surface area contributed by atoms with Crippen LogP contribution in [-0.4, -0.2) is 21.5 Å². The van der Waals surface area contributed by atoms with E-state index in [0.29, 0.717) is 6.54 Å². The smallest absolute Gasteiger partial charge is 0.312 e. The second-order valence-electron chi connectivity index (χ2n) is 8.24. The number of nitrogens with zero attached hydrogens (tertiary/aromatic N) is 2. The summed E-state index contributed by atoms with van der Waals surface area (Å²) in [5, 5.41) is 5.70. The van der Waals surface area contributed by atoms with E-state index in [1.54, 1.807) is 18.5 Å². The molecule has 3 aromatic carbocycles. The minimum absolute atomic E-state index is 0.00519. The van der Waals surface area contributed by atoms with E-state index in [1.807, 2.05) is 60.0 Å². The summed E-state index contributed by atoms with van der Waals surface area (Å²) in [5.41, 5.74) is 9.68. The number of para-hydroxylation sites is 2. The van der Waals surface area contributed by atoms with Gasteiger partial charge < -0.3 is 20.9 Å². The van der Waals surface area contributed by atoms with Gasteiger partial charge in [-0.15, -0.1) is 0 Å². The zero-order chi connectivity index (χ0) is 24.1. The van der Waals surface area contributed by atoms with Crippen molar-refractivity contribution in [2.24, 2.45) is 5.73 Å². The molecule has 0 saturated carbocycles. The molecule has 0 fully saturated rings. The van der Waals surface area contributed by atoms with Gasteiger partial charge in [-0.1, -0.05) is 54.1 Å². The molecular weight excluding hydrogens is 433 g/mol. The van der Waals surface area contributed by atoms with Crippen LogP contribution in [0.3, 0.4) is 0 Å². The Morgan fingerprint density at radius 3 is 2.47 bits per heavy atom. The minimum Gasteiger partial charge on any atom is -0.352 e. The molecule has 1 heterocycles. The van der Waals surface area contributed by atoms with Crippen LogP contribution in [0.5, 0.6) is 0 Å². The Labute approximate surface area is 196 Å². The Bertz CT molecular complexity index is 1300. The normalized spacial score (nSPS) is 12.8. The number of benzene rings is 3. The second kappa shape index (κ2) is 10.2. The van der Waals surface area contributed by atoms with Crippen LogP contribution in [0.1, 0.15) is 35.2 Å². The second-order valence-corrected chi connectivity index (χ2v) is 8.24. The Morgan fingerprint density at radius 2 is 1.74 bits per heavy atom. The van der Waals surface area contributed by atoms with Gasteiger partial charge in [0.05, 0.1) is 35.9 Å². The number of aryl methyl sites for hydroxylation is 1. The van der Waals surface area contributed by atoms with E-state index in [0.717, 1.165) is 27.7 Å². The lowest BCUT2D eigenvalue weighted by Crippen LogP contribution is -2.38. The van der Waals surface area contributed by atoms with Crippen LogP contribution in [0.25, 0.3) is 11.0 Å². The average Bonchev–Trinajstić information content (AvgIpc) is 3.21. The van der Waals surface area contributed by atoms with Crippen LogP contribution in [0.2, 0.25) is 0 Å². The van der Waals surface area contributed by atoms with Gasteiger partial charge >= 0.3 is 6.03 Å². The molecule has 174 valence electrons. The van der Waals surface area contributed by atoms with Crippen molar-refractivity contribution >= 4 is 23.0 Å². The van der Waals surface area contributed by atoms with Gasteiger partial charge in [-0.2, -0.15) is 0 Å². The van der Waals surface area contributed by atoms with Crippen molar-refractivity contribution in [2.45, 2.75) is 32.0 Å². The highest BCUT2D eigenvalue weighted by atomic mass is 19.1. The summed E-state index contributed by atoms with van der Waals surface area (Å²) < 4.78 is 15.5. The molecule has 0 saturated heterocycles. The summed E-state index contributed by atoms with van der Waals surface area (Å²) in [6.07, 6.45) is 1.71. The number of aromatic nitrogens is 2. The quantitative estimate of drug-likeness (QED) is 0.369. The molecule has 2 unspecified atom stereocenters. The molecule has 2 atom stereocenters. The summed E-state index contributed by atoms with van der Waals surface area (Å²) in [4.78, 5) is 29.1. The number of primary amides is 1. The van der Waals surface area contributed by atoms with Crippen molar-refractivity contribution in [3.05, 3.63) is 102 Å². The number of hydrogen-bond donors (Lipinski definition) is 3. The summed E-state index contributed by atoms with van der Waals surface area (Å²) in [6.45, 7) is 2.33. The number of carbonyl (C=O) groups excluding carboxylic acids is 2. The summed E-state index contributed by atoms with van der Waals surface area (Å²) in [5.74, 6) is -0.633. The Hall–Kier alpha value is -4.20. The van der Waals surface area contributed by atoms with Gasteiger partial charge in [0.25, 0.3) is 0 Å².